The molecule has 1 aliphatic rings. The van der Waals surface area contributed by atoms with Crippen LogP contribution in [0.4, 0.5) is 19.0 Å². The standard InChI is InChI=1S/C23H31F3N6O2S/c1-4-34-11-5-10-27-22(35)30-29-21(33)18-13-20-28-17(12-19(23(24,25)26)32(20)31-18)16-8-6-15(7-9-16)14(2)3/h6-9,13-14,17,19,28H,4-5,10-12H2,1-3H3,(H,29,33)(H2,27,30,35)/t17-,19-/m0/s1. The molecule has 1 aromatic heterocycles. The Hall–Kier alpha value is -2.86. The van der Waals surface area contributed by atoms with Crippen LogP contribution >= 0.6 is 12.2 Å². The molecule has 192 valence electrons. The first-order valence-corrected chi connectivity index (χ1v) is 12.0. The number of benzene rings is 1. The van der Waals surface area contributed by atoms with Crippen LogP contribution in [0.15, 0.2) is 30.3 Å². The molecule has 0 bridgehead atoms. The van der Waals surface area contributed by atoms with Gasteiger partial charge in [0.15, 0.2) is 16.8 Å². The summed E-state index contributed by atoms with van der Waals surface area (Å²) < 4.78 is 47.8. The van der Waals surface area contributed by atoms with Crippen molar-refractivity contribution in [2.45, 2.75) is 57.8 Å². The Morgan fingerprint density at radius 1 is 1.29 bits per heavy atom. The number of anilines is 1. The summed E-state index contributed by atoms with van der Waals surface area (Å²) in [5.41, 5.74) is 6.58. The highest BCUT2D eigenvalue weighted by Gasteiger charge is 2.46. The van der Waals surface area contributed by atoms with E-state index in [0.29, 0.717) is 25.7 Å². The maximum atomic E-state index is 13.9. The van der Waals surface area contributed by atoms with Crippen molar-refractivity contribution in [2.24, 2.45) is 0 Å². The van der Waals surface area contributed by atoms with Crippen LogP contribution in [0.2, 0.25) is 0 Å². The molecule has 4 N–H and O–H groups in total. The molecule has 8 nitrogen and oxygen atoms in total. The lowest BCUT2D eigenvalue weighted by atomic mass is 9.94. The topological polar surface area (TPSA) is 92.2 Å². The largest absolute Gasteiger partial charge is 0.410 e. The molecule has 0 saturated heterocycles. The monoisotopic (exact) mass is 512 g/mol. The summed E-state index contributed by atoms with van der Waals surface area (Å²) in [7, 11) is 0. The summed E-state index contributed by atoms with van der Waals surface area (Å²) in [6.07, 6.45) is -4.05. The Morgan fingerprint density at radius 2 is 2.00 bits per heavy atom. The highest BCUT2D eigenvalue weighted by atomic mass is 32.1. The van der Waals surface area contributed by atoms with E-state index in [4.69, 9.17) is 17.0 Å². The van der Waals surface area contributed by atoms with Gasteiger partial charge in [-0.1, -0.05) is 38.1 Å². The van der Waals surface area contributed by atoms with Crippen LogP contribution in [0.5, 0.6) is 0 Å². The van der Waals surface area contributed by atoms with E-state index in [1.165, 1.54) is 6.07 Å². The Labute approximate surface area is 207 Å². The molecule has 0 radical (unpaired) electrons. The quantitative estimate of drug-likeness (QED) is 0.239. The highest BCUT2D eigenvalue weighted by Crippen LogP contribution is 2.43. The molecule has 0 aliphatic carbocycles. The summed E-state index contributed by atoms with van der Waals surface area (Å²) in [4.78, 5) is 12.5. The zero-order valence-corrected chi connectivity index (χ0v) is 20.7. The lowest BCUT2D eigenvalue weighted by molar-refractivity contribution is -0.173. The fourth-order valence-electron chi connectivity index (χ4n) is 3.76. The number of amides is 1. The maximum absolute atomic E-state index is 13.9. The third kappa shape index (κ3) is 7.07. The molecule has 1 amide bonds. The minimum absolute atomic E-state index is 0.123. The van der Waals surface area contributed by atoms with E-state index in [1.54, 1.807) is 0 Å². The van der Waals surface area contributed by atoms with Crippen molar-refractivity contribution >= 4 is 29.1 Å². The number of fused-ring (bicyclic) bond motifs is 1. The van der Waals surface area contributed by atoms with Gasteiger partial charge in [-0.05, 0) is 42.6 Å². The molecule has 12 heteroatoms. The third-order valence-electron chi connectivity index (χ3n) is 5.67. The lowest BCUT2D eigenvalue weighted by Crippen LogP contribution is -2.47. The van der Waals surface area contributed by atoms with Gasteiger partial charge in [-0.3, -0.25) is 15.6 Å². The van der Waals surface area contributed by atoms with Crippen molar-refractivity contribution < 1.29 is 22.7 Å². The summed E-state index contributed by atoms with van der Waals surface area (Å²) in [6, 6.07) is 6.40. The number of ether oxygens (including phenoxy) is 1. The van der Waals surface area contributed by atoms with E-state index < -0.39 is 24.2 Å². The van der Waals surface area contributed by atoms with Crippen LogP contribution in [0, 0.1) is 0 Å². The third-order valence-corrected chi connectivity index (χ3v) is 5.92. The number of hydrogen-bond acceptors (Lipinski definition) is 5. The molecule has 3 rings (SSSR count). The van der Waals surface area contributed by atoms with E-state index in [1.807, 2.05) is 31.2 Å². The Bertz CT molecular complexity index is 1010. The minimum atomic E-state index is -4.53. The first kappa shape index (κ1) is 26.7. The summed E-state index contributed by atoms with van der Waals surface area (Å²) in [5.74, 6) is -0.259. The van der Waals surface area contributed by atoms with Gasteiger partial charge < -0.3 is 15.4 Å². The average Bonchev–Trinajstić information content (AvgIpc) is 3.25. The van der Waals surface area contributed by atoms with Gasteiger partial charge in [0.05, 0.1) is 6.04 Å². The van der Waals surface area contributed by atoms with Gasteiger partial charge in [-0.2, -0.15) is 18.3 Å². The Kier molecular flexibility index (Phi) is 8.95. The molecular weight excluding hydrogens is 481 g/mol. The van der Waals surface area contributed by atoms with Crippen molar-refractivity contribution in [1.29, 1.82) is 0 Å². The molecule has 2 heterocycles. The van der Waals surface area contributed by atoms with Crippen molar-refractivity contribution in [3.8, 4) is 0 Å². The van der Waals surface area contributed by atoms with Gasteiger partial charge in [0, 0.05) is 32.2 Å². The number of nitrogens with one attached hydrogen (secondary N) is 4. The number of carbonyl (C=O) groups is 1. The second-order valence-corrected chi connectivity index (χ2v) is 8.96. The van der Waals surface area contributed by atoms with E-state index >= 15 is 0 Å². The number of hydrogen-bond donors (Lipinski definition) is 4. The molecule has 35 heavy (non-hydrogen) atoms. The number of alkyl halides is 3. The average molecular weight is 513 g/mol. The molecule has 0 unspecified atom stereocenters. The molecule has 0 saturated carbocycles. The minimum Gasteiger partial charge on any atom is -0.382 e. The van der Waals surface area contributed by atoms with Crippen molar-refractivity contribution in [1.82, 2.24) is 25.9 Å². The smallest absolute Gasteiger partial charge is 0.382 e. The number of aromatic nitrogens is 2. The number of nitrogens with zero attached hydrogens (tertiary/aromatic N) is 2. The summed E-state index contributed by atoms with van der Waals surface area (Å²) in [6.45, 7) is 7.76. The summed E-state index contributed by atoms with van der Waals surface area (Å²) in [5, 5.41) is 10.1. The van der Waals surface area contributed by atoms with Crippen molar-refractivity contribution in [3.05, 3.63) is 47.2 Å². The van der Waals surface area contributed by atoms with E-state index in [9.17, 15) is 18.0 Å². The van der Waals surface area contributed by atoms with Gasteiger partial charge in [-0.25, -0.2) is 4.68 Å². The first-order valence-electron chi connectivity index (χ1n) is 11.5. The van der Waals surface area contributed by atoms with Crippen LogP contribution in [0.25, 0.3) is 0 Å². The van der Waals surface area contributed by atoms with Gasteiger partial charge in [-0.15, -0.1) is 0 Å². The van der Waals surface area contributed by atoms with Crippen molar-refractivity contribution in [2.75, 3.05) is 25.1 Å². The second-order valence-electron chi connectivity index (χ2n) is 8.56. The molecule has 0 spiro atoms. The zero-order valence-electron chi connectivity index (χ0n) is 19.9. The number of thiocarbonyl (C=S) groups is 1. The van der Waals surface area contributed by atoms with Gasteiger partial charge >= 0.3 is 6.18 Å². The SMILES string of the molecule is CCOCCCNC(=S)NNC(=O)c1cc2n(n1)[C@H](C(F)(F)F)C[C@@H](c1ccc(C(C)C)cc1)N2. The second kappa shape index (κ2) is 11.7. The molecule has 2 atom stereocenters. The number of carbonyl (C=O) groups excluding carboxylic acids is 1. The molecule has 2 aromatic rings. The van der Waals surface area contributed by atoms with Crippen LogP contribution in [0.3, 0.4) is 0 Å². The van der Waals surface area contributed by atoms with Crippen LogP contribution in [-0.2, 0) is 4.74 Å². The molecule has 0 fully saturated rings. The van der Waals surface area contributed by atoms with Crippen LogP contribution in [0.1, 0.15) is 73.2 Å². The fraction of sp³-hybridized carbons (Fsp3) is 0.522. The van der Waals surface area contributed by atoms with Crippen LogP contribution in [-0.4, -0.2) is 46.7 Å². The van der Waals surface area contributed by atoms with E-state index in [0.717, 1.165) is 22.2 Å². The van der Waals surface area contributed by atoms with Gasteiger partial charge in [0.25, 0.3) is 5.91 Å². The summed E-state index contributed by atoms with van der Waals surface area (Å²) >= 11 is 5.08. The lowest BCUT2D eigenvalue weighted by Gasteiger charge is -2.33. The van der Waals surface area contributed by atoms with Gasteiger partial charge in [0.1, 0.15) is 5.82 Å². The maximum Gasteiger partial charge on any atom is 0.410 e. The number of hydrazine groups is 1. The highest BCUT2D eigenvalue weighted by molar-refractivity contribution is 7.80. The normalized spacial score (nSPS) is 17.5. The predicted molar refractivity (Wildman–Crippen MR) is 131 cm³/mol. The Morgan fingerprint density at radius 3 is 2.63 bits per heavy atom. The van der Waals surface area contributed by atoms with Crippen LogP contribution < -0.4 is 21.5 Å². The van der Waals surface area contributed by atoms with E-state index in [2.05, 4.69) is 40.4 Å². The zero-order chi connectivity index (χ0) is 25.6. The molecule has 1 aromatic carbocycles. The predicted octanol–water partition coefficient (Wildman–Crippen LogP) is 4.20. The van der Waals surface area contributed by atoms with Crippen molar-refractivity contribution in [3.63, 3.8) is 0 Å². The number of rotatable bonds is 8. The molecular formula is C23H31F3N6O2S. The van der Waals surface area contributed by atoms with E-state index in [-0.39, 0.29) is 23.0 Å². The fourth-order valence-corrected chi connectivity index (χ4v) is 3.91. The molecule has 1 aliphatic heterocycles. The number of halogens is 3. The Balaban J connectivity index is 1.68. The van der Waals surface area contributed by atoms with Gasteiger partial charge in [0.2, 0.25) is 0 Å². The first-order chi connectivity index (χ1) is 16.6.